The summed E-state index contributed by atoms with van der Waals surface area (Å²) in [5.41, 5.74) is 2.17. The molecule has 0 aromatic carbocycles. The van der Waals surface area contributed by atoms with Gasteiger partial charge in [0, 0.05) is 23.8 Å². The van der Waals surface area contributed by atoms with Crippen LogP contribution in [-0.4, -0.2) is 21.3 Å². The van der Waals surface area contributed by atoms with E-state index in [1.54, 1.807) is 11.3 Å². The summed E-state index contributed by atoms with van der Waals surface area (Å²) in [5.74, 6) is 0. The number of thiazole rings is 1. The van der Waals surface area contributed by atoms with Crippen molar-refractivity contribution in [3.63, 3.8) is 0 Å². The summed E-state index contributed by atoms with van der Waals surface area (Å²) in [5, 5.41) is 11.0. The molecular formula is C12H18N4S. The molecule has 2 rings (SSSR count). The fraction of sp³-hybridized carbons (Fsp3) is 0.500. The SMILES string of the molecule is CCCNCc1ccn(Cc2nc(C)cs2)n1. The van der Waals surface area contributed by atoms with Gasteiger partial charge in [-0.3, -0.25) is 4.68 Å². The van der Waals surface area contributed by atoms with Gasteiger partial charge in [-0.1, -0.05) is 6.92 Å². The fourth-order valence-corrected chi connectivity index (χ4v) is 2.36. The molecule has 0 fully saturated rings. The van der Waals surface area contributed by atoms with Gasteiger partial charge in [0.1, 0.15) is 5.01 Å². The van der Waals surface area contributed by atoms with Gasteiger partial charge in [0.2, 0.25) is 0 Å². The lowest BCUT2D eigenvalue weighted by Gasteiger charge is -1.99. The highest BCUT2D eigenvalue weighted by atomic mass is 32.1. The zero-order valence-corrected chi connectivity index (χ0v) is 11.1. The maximum Gasteiger partial charge on any atom is 0.114 e. The van der Waals surface area contributed by atoms with Crippen LogP contribution in [0.25, 0.3) is 0 Å². The van der Waals surface area contributed by atoms with Crippen molar-refractivity contribution < 1.29 is 0 Å². The third kappa shape index (κ3) is 3.64. The van der Waals surface area contributed by atoms with Crippen LogP contribution in [0.5, 0.6) is 0 Å². The molecule has 0 aliphatic carbocycles. The quantitative estimate of drug-likeness (QED) is 0.799. The van der Waals surface area contributed by atoms with Crippen molar-refractivity contribution in [2.75, 3.05) is 6.54 Å². The number of hydrogen-bond donors (Lipinski definition) is 1. The van der Waals surface area contributed by atoms with Gasteiger partial charge in [0.15, 0.2) is 0 Å². The van der Waals surface area contributed by atoms with Crippen LogP contribution < -0.4 is 5.32 Å². The Morgan fingerprint density at radius 1 is 1.47 bits per heavy atom. The number of hydrogen-bond acceptors (Lipinski definition) is 4. The van der Waals surface area contributed by atoms with Gasteiger partial charge in [-0.15, -0.1) is 11.3 Å². The molecule has 92 valence electrons. The second kappa shape index (κ2) is 5.93. The molecule has 0 saturated carbocycles. The van der Waals surface area contributed by atoms with E-state index in [4.69, 9.17) is 0 Å². The zero-order valence-electron chi connectivity index (χ0n) is 10.3. The highest BCUT2D eigenvalue weighted by molar-refractivity contribution is 7.09. The van der Waals surface area contributed by atoms with Crippen LogP contribution in [0, 0.1) is 6.92 Å². The minimum absolute atomic E-state index is 0.770. The van der Waals surface area contributed by atoms with E-state index >= 15 is 0 Å². The van der Waals surface area contributed by atoms with E-state index in [0.29, 0.717) is 0 Å². The number of aryl methyl sites for hydroxylation is 1. The highest BCUT2D eigenvalue weighted by Gasteiger charge is 2.02. The third-order valence-corrected chi connectivity index (χ3v) is 3.34. The Balaban J connectivity index is 1.89. The van der Waals surface area contributed by atoms with Crippen LogP contribution >= 0.6 is 11.3 Å². The lowest BCUT2D eigenvalue weighted by Crippen LogP contribution is -2.14. The number of nitrogens with one attached hydrogen (secondary N) is 1. The minimum atomic E-state index is 0.770. The molecule has 0 saturated heterocycles. The molecule has 2 heterocycles. The Bertz CT molecular complexity index is 461. The fourth-order valence-electron chi connectivity index (χ4n) is 1.59. The summed E-state index contributed by atoms with van der Waals surface area (Å²) in [6.07, 6.45) is 3.17. The van der Waals surface area contributed by atoms with Crippen LogP contribution in [0.15, 0.2) is 17.6 Å². The molecule has 5 heteroatoms. The molecule has 0 aliphatic rings. The summed E-state index contributed by atoms with van der Waals surface area (Å²) in [7, 11) is 0. The van der Waals surface area contributed by atoms with Crippen LogP contribution in [0.4, 0.5) is 0 Å². The van der Waals surface area contributed by atoms with E-state index in [-0.39, 0.29) is 0 Å². The molecule has 0 unspecified atom stereocenters. The average molecular weight is 250 g/mol. The monoisotopic (exact) mass is 250 g/mol. The van der Waals surface area contributed by atoms with E-state index in [9.17, 15) is 0 Å². The van der Waals surface area contributed by atoms with Crippen LogP contribution in [-0.2, 0) is 13.1 Å². The lowest BCUT2D eigenvalue weighted by atomic mass is 10.4. The largest absolute Gasteiger partial charge is 0.311 e. The first-order valence-electron chi connectivity index (χ1n) is 5.92. The van der Waals surface area contributed by atoms with Gasteiger partial charge in [-0.05, 0) is 26.0 Å². The Hall–Kier alpha value is -1.20. The summed E-state index contributed by atoms with van der Waals surface area (Å²) < 4.78 is 1.95. The van der Waals surface area contributed by atoms with Crippen molar-refractivity contribution in [1.29, 1.82) is 0 Å². The molecular weight excluding hydrogens is 232 g/mol. The molecule has 0 bridgehead atoms. The molecule has 0 radical (unpaired) electrons. The molecule has 0 atom stereocenters. The van der Waals surface area contributed by atoms with Crippen molar-refractivity contribution in [1.82, 2.24) is 20.1 Å². The van der Waals surface area contributed by atoms with Crippen molar-refractivity contribution in [3.05, 3.63) is 34.0 Å². The molecule has 4 nitrogen and oxygen atoms in total. The van der Waals surface area contributed by atoms with E-state index < -0.39 is 0 Å². The topological polar surface area (TPSA) is 42.7 Å². The molecule has 0 aliphatic heterocycles. The van der Waals surface area contributed by atoms with E-state index in [2.05, 4.69) is 33.8 Å². The number of nitrogens with zero attached hydrogens (tertiary/aromatic N) is 3. The van der Waals surface area contributed by atoms with Gasteiger partial charge in [0.25, 0.3) is 0 Å². The molecule has 2 aromatic heterocycles. The van der Waals surface area contributed by atoms with E-state index in [1.165, 1.54) is 0 Å². The second-order valence-electron chi connectivity index (χ2n) is 4.06. The molecule has 1 N–H and O–H groups in total. The Morgan fingerprint density at radius 3 is 3.06 bits per heavy atom. The van der Waals surface area contributed by atoms with Crippen LogP contribution in [0.1, 0.15) is 29.7 Å². The molecule has 0 amide bonds. The van der Waals surface area contributed by atoms with Crippen LogP contribution in [0.2, 0.25) is 0 Å². The molecule has 0 spiro atoms. The van der Waals surface area contributed by atoms with E-state index in [0.717, 1.165) is 42.5 Å². The molecule has 2 aromatic rings. The standard InChI is InChI=1S/C12H18N4S/c1-3-5-13-7-11-4-6-16(15-11)8-12-14-10(2)9-17-12/h4,6,9,13H,3,5,7-8H2,1-2H3. The summed E-state index contributed by atoms with van der Waals surface area (Å²) in [6.45, 7) is 6.84. The Labute approximate surface area is 106 Å². The normalized spacial score (nSPS) is 10.9. The van der Waals surface area contributed by atoms with Crippen molar-refractivity contribution in [2.24, 2.45) is 0 Å². The second-order valence-corrected chi connectivity index (χ2v) is 5.01. The predicted molar refractivity (Wildman–Crippen MR) is 70.2 cm³/mol. The zero-order chi connectivity index (χ0) is 12.1. The van der Waals surface area contributed by atoms with Gasteiger partial charge in [-0.25, -0.2) is 4.98 Å². The highest BCUT2D eigenvalue weighted by Crippen LogP contribution is 2.10. The first kappa shape index (κ1) is 12.3. The predicted octanol–water partition coefficient (Wildman–Crippen LogP) is 2.20. The van der Waals surface area contributed by atoms with Crippen molar-refractivity contribution in [3.8, 4) is 0 Å². The molecule has 17 heavy (non-hydrogen) atoms. The Morgan fingerprint density at radius 2 is 2.35 bits per heavy atom. The van der Waals surface area contributed by atoms with Gasteiger partial charge in [0.05, 0.1) is 12.2 Å². The van der Waals surface area contributed by atoms with E-state index in [1.807, 2.05) is 17.8 Å². The van der Waals surface area contributed by atoms with Gasteiger partial charge in [-0.2, -0.15) is 5.10 Å². The summed E-state index contributed by atoms with van der Waals surface area (Å²) in [6, 6.07) is 2.06. The van der Waals surface area contributed by atoms with Gasteiger partial charge < -0.3 is 5.32 Å². The Kier molecular flexibility index (Phi) is 4.28. The number of aromatic nitrogens is 3. The van der Waals surface area contributed by atoms with Crippen LogP contribution in [0.3, 0.4) is 0 Å². The maximum absolute atomic E-state index is 4.51. The third-order valence-electron chi connectivity index (χ3n) is 2.39. The number of rotatable bonds is 6. The lowest BCUT2D eigenvalue weighted by molar-refractivity contribution is 0.627. The smallest absolute Gasteiger partial charge is 0.114 e. The average Bonchev–Trinajstić information content (AvgIpc) is 2.90. The minimum Gasteiger partial charge on any atom is -0.311 e. The first-order chi connectivity index (χ1) is 8.28. The first-order valence-corrected chi connectivity index (χ1v) is 6.80. The van der Waals surface area contributed by atoms with Crippen molar-refractivity contribution in [2.45, 2.75) is 33.4 Å². The van der Waals surface area contributed by atoms with Crippen molar-refractivity contribution >= 4 is 11.3 Å². The summed E-state index contributed by atoms with van der Waals surface area (Å²) in [4.78, 5) is 4.43. The summed E-state index contributed by atoms with van der Waals surface area (Å²) >= 11 is 1.69. The van der Waals surface area contributed by atoms with Gasteiger partial charge >= 0.3 is 0 Å². The maximum atomic E-state index is 4.51.